The highest BCUT2D eigenvalue weighted by Gasteiger charge is 2.43. The maximum Gasteiger partial charge on any atom is 0.263 e. The van der Waals surface area contributed by atoms with Crippen LogP contribution < -0.4 is 10.2 Å². The van der Waals surface area contributed by atoms with Crippen LogP contribution in [0.15, 0.2) is 30.3 Å². The zero-order chi connectivity index (χ0) is 21.7. The highest BCUT2D eigenvalue weighted by Crippen LogP contribution is 2.42. The molecular weight excluding hydrogens is 404 g/mol. The molecule has 31 heavy (non-hydrogen) atoms. The topological polar surface area (TPSA) is 83.4 Å². The van der Waals surface area contributed by atoms with Crippen LogP contribution >= 0.6 is 0 Å². The second-order valence-corrected chi connectivity index (χ2v) is 8.19. The van der Waals surface area contributed by atoms with E-state index in [1.54, 1.807) is 19.1 Å². The maximum absolute atomic E-state index is 13.1. The van der Waals surface area contributed by atoms with Gasteiger partial charge in [0.25, 0.3) is 6.43 Å². The van der Waals surface area contributed by atoms with E-state index in [1.165, 1.54) is 12.1 Å². The maximum atomic E-state index is 13.1. The van der Waals surface area contributed by atoms with E-state index in [9.17, 15) is 13.9 Å². The number of anilines is 2. The highest BCUT2D eigenvalue weighted by atomic mass is 19.3. The van der Waals surface area contributed by atoms with Crippen LogP contribution in [0.3, 0.4) is 0 Å². The Hall–Kier alpha value is -3.07. The number of aryl methyl sites for hydroxylation is 1. The number of aromatic nitrogens is 3. The molecule has 2 saturated heterocycles. The van der Waals surface area contributed by atoms with Crippen molar-refractivity contribution in [3.63, 3.8) is 0 Å². The van der Waals surface area contributed by atoms with Crippen molar-refractivity contribution in [1.82, 2.24) is 15.2 Å². The smallest absolute Gasteiger partial charge is 0.263 e. The third kappa shape index (κ3) is 3.42. The number of rotatable bonds is 5. The molecule has 0 saturated carbocycles. The first kappa shape index (κ1) is 19.9. The van der Waals surface area contributed by atoms with E-state index in [-0.39, 0.29) is 29.6 Å². The van der Waals surface area contributed by atoms with E-state index in [4.69, 9.17) is 4.74 Å². The Morgan fingerprint density at radius 3 is 2.61 bits per heavy atom. The van der Waals surface area contributed by atoms with Crippen LogP contribution in [0.5, 0.6) is 5.88 Å². The molecule has 7 nitrogen and oxygen atoms in total. The second kappa shape index (κ2) is 7.56. The molecule has 2 aromatic heterocycles. The molecule has 2 bridgehead atoms. The van der Waals surface area contributed by atoms with Gasteiger partial charge >= 0.3 is 0 Å². The van der Waals surface area contributed by atoms with Gasteiger partial charge in [-0.1, -0.05) is 18.2 Å². The fourth-order valence-electron chi connectivity index (χ4n) is 4.46. The van der Waals surface area contributed by atoms with Crippen molar-refractivity contribution in [3.8, 4) is 5.88 Å². The van der Waals surface area contributed by atoms with Gasteiger partial charge in [-0.3, -0.25) is 0 Å². The number of pyridine rings is 1. The minimum atomic E-state index is -2.53. The van der Waals surface area contributed by atoms with E-state index < -0.39 is 6.43 Å². The number of morpholine rings is 1. The fraction of sp³-hybridized carbons (Fsp3) is 0.409. The van der Waals surface area contributed by atoms with Gasteiger partial charge in [0.1, 0.15) is 11.2 Å². The van der Waals surface area contributed by atoms with Gasteiger partial charge in [0.15, 0.2) is 5.82 Å². The van der Waals surface area contributed by atoms with Gasteiger partial charge < -0.3 is 20.1 Å². The molecule has 9 heteroatoms. The van der Waals surface area contributed by atoms with Gasteiger partial charge in [0, 0.05) is 10.9 Å². The van der Waals surface area contributed by atoms with Crippen molar-refractivity contribution in [2.75, 3.05) is 23.4 Å². The number of nitrogens with one attached hydrogen (secondary N) is 1. The Kier molecular flexibility index (Phi) is 4.85. The summed E-state index contributed by atoms with van der Waals surface area (Å²) in [5, 5.41) is 23.1. The van der Waals surface area contributed by atoms with Crippen LogP contribution in [0.1, 0.15) is 42.6 Å². The van der Waals surface area contributed by atoms with E-state index in [2.05, 4.69) is 25.4 Å². The molecule has 0 aliphatic carbocycles. The lowest BCUT2D eigenvalue weighted by Crippen LogP contribution is -2.64. The Morgan fingerprint density at radius 1 is 1.16 bits per heavy atom. The Morgan fingerprint density at radius 2 is 1.90 bits per heavy atom. The summed E-state index contributed by atoms with van der Waals surface area (Å²) in [6.45, 7) is 4.92. The first-order valence-corrected chi connectivity index (χ1v) is 10.3. The number of halogens is 2. The molecule has 3 atom stereocenters. The SMILES string of the molecule is Cc1nnc(N[C@H](C)c2cccc(C(F)F)c2)c2cc(N3C4COCC3C4)c(O)nc12. The molecule has 2 fully saturated rings. The molecule has 5 rings (SSSR count). The van der Waals surface area contributed by atoms with Crippen LogP contribution in [-0.4, -0.2) is 45.6 Å². The van der Waals surface area contributed by atoms with Crippen LogP contribution in [0.25, 0.3) is 10.9 Å². The summed E-state index contributed by atoms with van der Waals surface area (Å²) in [6, 6.07) is 8.37. The first-order valence-electron chi connectivity index (χ1n) is 10.3. The van der Waals surface area contributed by atoms with Crippen molar-refractivity contribution in [3.05, 3.63) is 47.2 Å². The lowest BCUT2D eigenvalue weighted by atomic mass is 9.90. The molecular formula is C22H23F2N5O2. The normalized spacial score (nSPS) is 21.3. The lowest BCUT2D eigenvalue weighted by Gasteiger charge is -2.53. The zero-order valence-corrected chi connectivity index (χ0v) is 17.2. The monoisotopic (exact) mass is 427 g/mol. The van der Waals surface area contributed by atoms with E-state index in [1.807, 2.05) is 13.0 Å². The molecule has 0 spiro atoms. The summed E-state index contributed by atoms with van der Waals surface area (Å²) >= 11 is 0. The van der Waals surface area contributed by atoms with Crippen LogP contribution in [0.4, 0.5) is 20.3 Å². The summed E-state index contributed by atoms with van der Waals surface area (Å²) in [5.41, 5.74) is 2.50. The Balaban J connectivity index is 1.52. The third-order valence-electron chi connectivity index (χ3n) is 6.13. The number of aromatic hydroxyl groups is 1. The van der Waals surface area contributed by atoms with Gasteiger partial charge in [-0.2, -0.15) is 5.10 Å². The molecule has 0 radical (unpaired) electrons. The van der Waals surface area contributed by atoms with E-state index in [0.717, 1.165) is 17.4 Å². The van der Waals surface area contributed by atoms with Gasteiger partial charge in [-0.05, 0) is 38.0 Å². The van der Waals surface area contributed by atoms with Gasteiger partial charge in [-0.15, -0.1) is 5.10 Å². The van der Waals surface area contributed by atoms with Crippen LogP contribution in [0, 0.1) is 6.92 Å². The van der Waals surface area contributed by atoms with Crippen molar-refractivity contribution in [2.24, 2.45) is 0 Å². The average molecular weight is 427 g/mol. The molecule has 2 N–H and O–H groups in total. The van der Waals surface area contributed by atoms with Crippen molar-refractivity contribution >= 4 is 22.4 Å². The third-order valence-corrected chi connectivity index (χ3v) is 6.13. The molecule has 162 valence electrons. The van der Waals surface area contributed by atoms with Crippen molar-refractivity contribution in [2.45, 2.75) is 44.8 Å². The molecule has 2 unspecified atom stereocenters. The Bertz CT molecular complexity index is 1130. The average Bonchev–Trinajstić information content (AvgIpc) is 2.77. The highest BCUT2D eigenvalue weighted by molar-refractivity contribution is 5.94. The second-order valence-electron chi connectivity index (χ2n) is 8.19. The van der Waals surface area contributed by atoms with Crippen LogP contribution in [-0.2, 0) is 4.74 Å². The fourth-order valence-corrected chi connectivity index (χ4v) is 4.46. The number of hydrogen-bond donors (Lipinski definition) is 2. The minimum absolute atomic E-state index is 0.0218. The predicted molar refractivity (Wildman–Crippen MR) is 113 cm³/mol. The number of benzene rings is 1. The standard InChI is InChI=1S/C22H23F2N5O2/c1-11(13-4-3-5-14(6-13)20(23)24)25-21-17-8-18(29-15-7-16(29)10-31-9-15)22(30)26-19(17)12(2)27-28-21/h3-6,8,11,15-16,20H,7,9-10H2,1-2H3,(H,25,28)(H,26,30)/t11-,15?,16?/m1/s1. The van der Waals surface area contributed by atoms with E-state index >= 15 is 0 Å². The van der Waals surface area contributed by atoms with Gasteiger partial charge in [0.05, 0.1) is 37.0 Å². The Labute approximate surface area is 178 Å². The number of hydrogen-bond acceptors (Lipinski definition) is 7. The number of alkyl halides is 2. The first-order chi connectivity index (χ1) is 14.9. The minimum Gasteiger partial charge on any atom is -0.492 e. The number of nitrogens with zero attached hydrogens (tertiary/aromatic N) is 4. The van der Waals surface area contributed by atoms with Gasteiger partial charge in [-0.25, -0.2) is 13.8 Å². The zero-order valence-electron chi connectivity index (χ0n) is 17.2. The quantitative estimate of drug-likeness (QED) is 0.634. The molecule has 0 amide bonds. The van der Waals surface area contributed by atoms with Crippen LogP contribution in [0.2, 0.25) is 0 Å². The summed E-state index contributed by atoms with van der Waals surface area (Å²) < 4.78 is 31.7. The van der Waals surface area contributed by atoms with Crippen molar-refractivity contribution in [1.29, 1.82) is 0 Å². The summed E-state index contributed by atoms with van der Waals surface area (Å²) in [7, 11) is 0. The largest absolute Gasteiger partial charge is 0.492 e. The van der Waals surface area contributed by atoms with E-state index in [0.29, 0.717) is 35.9 Å². The molecule has 2 aliphatic heterocycles. The molecule has 1 aromatic carbocycles. The summed E-state index contributed by atoms with van der Waals surface area (Å²) in [5.74, 6) is 0.454. The predicted octanol–water partition coefficient (Wildman–Crippen LogP) is 4.13. The number of ether oxygens (including phenoxy) is 1. The molecule has 4 heterocycles. The molecule has 3 aromatic rings. The summed E-state index contributed by atoms with van der Waals surface area (Å²) in [4.78, 5) is 6.57. The van der Waals surface area contributed by atoms with Crippen molar-refractivity contribution < 1.29 is 18.6 Å². The van der Waals surface area contributed by atoms with Gasteiger partial charge in [0.2, 0.25) is 5.88 Å². The molecule has 2 aliphatic rings. The summed E-state index contributed by atoms with van der Waals surface area (Å²) in [6.07, 6.45) is -1.49. The lowest BCUT2D eigenvalue weighted by molar-refractivity contribution is 0.00995. The number of fused-ring (bicyclic) bond motifs is 3.